The van der Waals surface area contributed by atoms with Gasteiger partial charge in [-0.2, -0.15) is 9.78 Å². The van der Waals surface area contributed by atoms with E-state index in [0.717, 1.165) is 32.1 Å². The second-order valence-corrected chi connectivity index (χ2v) is 8.40. The minimum Gasteiger partial charge on any atom is -0.233 e. The zero-order valence-electron chi connectivity index (χ0n) is 17.1. The Bertz CT molecular complexity index is 310. The molecule has 1 spiro atoms. The maximum absolute atomic E-state index is 5.84. The Balaban J connectivity index is 1.73. The Morgan fingerprint density at radius 3 is 1.69 bits per heavy atom. The van der Waals surface area contributed by atoms with Crippen molar-refractivity contribution in [1.82, 2.24) is 0 Å². The van der Waals surface area contributed by atoms with Crippen LogP contribution in [0.4, 0.5) is 0 Å². The average molecular weight is 371 g/mol. The normalized spacial score (nSPS) is 24.3. The van der Waals surface area contributed by atoms with Gasteiger partial charge < -0.3 is 0 Å². The Morgan fingerprint density at radius 2 is 1.15 bits per heavy atom. The van der Waals surface area contributed by atoms with Crippen molar-refractivity contribution in [3.63, 3.8) is 0 Å². The van der Waals surface area contributed by atoms with Crippen molar-refractivity contribution in [2.24, 2.45) is 5.92 Å². The molecule has 0 bridgehead atoms. The topological polar surface area (TPSA) is 36.9 Å². The van der Waals surface area contributed by atoms with E-state index >= 15 is 0 Å². The molecule has 4 heteroatoms. The van der Waals surface area contributed by atoms with Gasteiger partial charge in [0, 0.05) is 18.8 Å². The lowest BCUT2D eigenvalue weighted by Gasteiger charge is -2.34. The third-order valence-electron chi connectivity index (χ3n) is 5.86. The lowest BCUT2D eigenvalue weighted by molar-refractivity contribution is -0.531. The summed E-state index contributed by atoms with van der Waals surface area (Å²) in [4.78, 5) is 23.0. The summed E-state index contributed by atoms with van der Waals surface area (Å²) in [6.45, 7) is 3.50. The summed E-state index contributed by atoms with van der Waals surface area (Å²) in [5, 5.41) is 0. The van der Waals surface area contributed by atoms with Crippen LogP contribution in [0.2, 0.25) is 0 Å². The van der Waals surface area contributed by atoms with Crippen LogP contribution in [0.25, 0.3) is 0 Å². The highest BCUT2D eigenvalue weighted by Crippen LogP contribution is 2.32. The standard InChI is InChI=1S/C22H42O4/c1-2-3-4-10-13-16-21-19-23-25-22(26-24-20-21)17-14-11-8-6-5-7-9-12-15-18-22/h21H,2-20H2,1H3. The van der Waals surface area contributed by atoms with E-state index < -0.39 is 5.79 Å². The molecule has 2 rings (SSSR count). The van der Waals surface area contributed by atoms with Crippen LogP contribution in [0.1, 0.15) is 116 Å². The monoisotopic (exact) mass is 370 g/mol. The van der Waals surface area contributed by atoms with Gasteiger partial charge in [-0.15, -0.1) is 0 Å². The third-order valence-corrected chi connectivity index (χ3v) is 5.86. The van der Waals surface area contributed by atoms with E-state index in [1.807, 2.05) is 0 Å². The smallest absolute Gasteiger partial charge is 0.233 e. The Labute approximate surface area is 161 Å². The minimum absolute atomic E-state index is 0.375. The molecule has 0 aromatic rings. The van der Waals surface area contributed by atoms with Crippen molar-refractivity contribution >= 4 is 0 Å². The molecule has 0 unspecified atom stereocenters. The molecule has 0 aromatic heterocycles. The number of hydrogen-bond donors (Lipinski definition) is 0. The molecule has 0 atom stereocenters. The molecule has 26 heavy (non-hydrogen) atoms. The fourth-order valence-electron chi connectivity index (χ4n) is 4.06. The zero-order valence-corrected chi connectivity index (χ0v) is 17.1. The zero-order chi connectivity index (χ0) is 18.3. The maximum Gasteiger partial charge on any atom is 0.233 e. The van der Waals surface area contributed by atoms with E-state index in [1.165, 1.54) is 77.0 Å². The summed E-state index contributed by atoms with van der Waals surface area (Å²) < 4.78 is 0. The summed E-state index contributed by atoms with van der Waals surface area (Å²) >= 11 is 0. The number of rotatable bonds is 6. The first-order valence-corrected chi connectivity index (χ1v) is 11.5. The molecule has 2 fully saturated rings. The van der Waals surface area contributed by atoms with Gasteiger partial charge in [0.1, 0.15) is 0 Å². The number of unbranched alkanes of at least 4 members (excludes halogenated alkanes) is 4. The first-order chi connectivity index (χ1) is 12.8. The van der Waals surface area contributed by atoms with E-state index in [1.54, 1.807) is 0 Å². The van der Waals surface area contributed by atoms with Gasteiger partial charge >= 0.3 is 0 Å². The quantitative estimate of drug-likeness (QED) is 0.377. The van der Waals surface area contributed by atoms with Crippen molar-refractivity contribution in [1.29, 1.82) is 0 Å². The van der Waals surface area contributed by atoms with Gasteiger partial charge in [0.15, 0.2) is 0 Å². The van der Waals surface area contributed by atoms with Crippen molar-refractivity contribution in [2.45, 2.75) is 122 Å². The summed E-state index contributed by atoms with van der Waals surface area (Å²) in [7, 11) is 0. The average Bonchev–Trinajstić information content (AvgIpc) is 2.61. The molecule has 0 aromatic carbocycles. The predicted octanol–water partition coefficient (Wildman–Crippen LogP) is 6.87. The summed E-state index contributed by atoms with van der Waals surface area (Å²) in [6, 6.07) is 0. The molecular formula is C22H42O4. The number of hydrogen-bond acceptors (Lipinski definition) is 4. The highest BCUT2D eigenvalue weighted by molar-refractivity contribution is 4.70. The molecule has 0 N–H and O–H groups in total. The van der Waals surface area contributed by atoms with Crippen molar-refractivity contribution in [2.75, 3.05) is 13.2 Å². The minimum atomic E-state index is -0.689. The first kappa shape index (κ1) is 22.1. The molecule has 0 radical (unpaired) electrons. The highest BCUT2D eigenvalue weighted by Gasteiger charge is 2.36. The van der Waals surface area contributed by atoms with Gasteiger partial charge in [0.25, 0.3) is 0 Å². The van der Waals surface area contributed by atoms with Crippen molar-refractivity contribution in [3.8, 4) is 0 Å². The SMILES string of the molecule is CCCCCCCC1COOC2(CCCCCCCCCCC2)OOC1. The second kappa shape index (κ2) is 13.9. The Morgan fingerprint density at radius 1 is 0.654 bits per heavy atom. The van der Waals surface area contributed by atoms with E-state index in [9.17, 15) is 0 Å². The van der Waals surface area contributed by atoms with Gasteiger partial charge in [-0.25, -0.2) is 9.78 Å². The molecule has 1 saturated heterocycles. The van der Waals surface area contributed by atoms with Crippen molar-refractivity contribution < 1.29 is 19.6 Å². The largest absolute Gasteiger partial charge is 0.233 e. The summed E-state index contributed by atoms with van der Waals surface area (Å²) in [5.41, 5.74) is 0. The van der Waals surface area contributed by atoms with E-state index in [0.29, 0.717) is 19.1 Å². The highest BCUT2D eigenvalue weighted by atomic mass is 17.3. The van der Waals surface area contributed by atoms with E-state index in [-0.39, 0.29) is 0 Å². The second-order valence-electron chi connectivity index (χ2n) is 8.40. The first-order valence-electron chi connectivity index (χ1n) is 11.5. The molecule has 1 heterocycles. The van der Waals surface area contributed by atoms with Gasteiger partial charge in [-0.1, -0.05) is 84.0 Å². The Hall–Kier alpha value is -0.160. The fourth-order valence-corrected chi connectivity index (χ4v) is 4.06. The third kappa shape index (κ3) is 9.16. The molecule has 0 amide bonds. The van der Waals surface area contributed by atoms with Crippen LogP contribution < -0.4 is 0 Å². The van der Waals surface area contributed by atoms with Crippen LogP contribution in [0.5, 0.6) is 0 Å². The molecule has 1 aliphatic carbocycles. The van der Waals surface area contributed by atoms with Crippen LogP contribution in [0.15, 0.2) is 0 Å². The van der Waals surface area contributed by atoms with Crippen LogP contribution in [0, 0.1) is 5.92 Å². The van der Waals surface area contributed by atoms with Crippen LogP contribution in [-0.2, 0) is 19.6 Å². The van der Waals surface area contributed by atoms with E-state index in [4.69, 9.17) is 19.6 Å². The van der Waals surface area contributed by atoms with Crippen LogP contribution in [0.3, 0.4) is 0 Å². The van der Waals surface area contributed by atoms with Gasteiger partial charge in [0.2, 0.25) is 5.79 Å². The molecule has 154 valence electrons. The molecule has 1 saturated carbocycles. The lowest BCUT2D eigenvalue weighted by Crippen LogP contribution is -2.40. The molecule has 4 nitrogen and oxygen atoms in total. The summed E-state index contributed by atoms with van der Waals surface area (Å²) in [6.07, 6.45) is 20.9. The summed E-state index contributed by atoms with van der Waals surface area (Å²) in [5.74, 6) is -0.314. The maximum atomic E-state index is 5.84. The van der Waals surface area contributed by atoms with Crippen LogP contribution in [-0.4, -0.2) is 19.0 Å². The molecule has 2 aliphatic rings. The predicted molar refractivity (Wildman–Crippen MR) is 104 cm³/mol. The Kier molecular flexibility index (Phi) is 11.9. The van der Waals surface area contributed by atoms with Gasteiger partial charge in [0.05, 0.1) is 13.2 Å². The van der Waals surface area contributed by atoms with E-state index in [2.05, 4.69) is 6.92 Å². The van der Waals surface area contributed by atoms with Gasteiger partial charge in [-0.05, 0) is 19.3 Å². The molecule has 1 aliphatic heterocycles. The molecular weight excluding hydrogens is 328 g/mol. The van der Waals surface area contributed by atoms with Crippen LogP contribution >= 0.6 is 0 Å². The lowest BCUT2D eigenvalue weighted by atomic mass is 9.97. The fraction of sp³-hybridized carbons (Fsp3) is 1.00. The van der Waals surface area contributed by atoms with Crippen molar-refractivity contribution in [3.05, 3.63) is 0 Å². The van der Waals surface area contributed by atoms with Gasteiger partial charge in [-0.3, -0.25) is 0 Å².